The third kappa shape index (κ3) is 3.42. The van der Waals surface area contributed by atoms with Crippen LogP contribution in [0.15, 0.2) is 36.4 Å². The van der Waals surface area contributed by atoms with E-state index in [-0.39, 0.29) is 0 Å². The highest BCUT2D eigenvalue weighted by Gasteiger charge is 2.00. The van der Waals surface area contributed by atoms with Crippen LogP contribution < -0.4 is 5.32 Å². The predicted molar refractivity (Wildman–Crippen MR) is 72.8 cm³/mol. The molecule has 2 aromatic rings. The van der Waals surface area contributed by atoms with Crippen LogP contribution in [0.2, 0.25) is 5.02 Å². The lowest BCUT2D eigenvalue weighted by molar-refractivity contribution is 0.210. The average molecular weight is 264 g/mol. The molecule has 0 spiro atoms. The summed E-state index contributed by atoms with van der Waals surface area (Å²) in [7, 11) is 1.66. The van der Waals surface area contributed by atoms with E-state index in [1.165, 1.54) is 0 Å². The van der Waals surface area contributed by atoms with Crippen LogP contribution in [-0.4, -0.2) is 30.5 Å². The Morgan fingerprint density at radius 2 is 1.89 bits per heavy atom. The number of nitrogens with zero attached hydrogens (tertiary/aromatic N) is 2. The number of methoxy groups -OCH3 is 1. The fraction of sp³-hybridized carbons (Fsp3) is 0.231. The molecule has 1 heterocycles. The highest BCUT2D eigenvalue weighted by atomic mass is 35.5. The first-order valence-corrected chi connectivity index (χ1v) is 6.00. The SMILES string of the molecule is COCCNc1ccc(-c2ccc(Cl)cc2)nn1. The number of rotatable bonds is 5. The van der Waals surface area contributed by atoms with E-state index in [2.05, 4.69) is 15.5 Å². The number of hydrogen-bond acceptors (Lipinski definition) is 4. The van der Waals surface area contributed by atoms with Crippen molar-refractivity contribution < 1.29 is 4.74 Å². The van der Waals surface area contributed by atoms with Crippen molar-refractivity contribution in [2.45, 2.75) is 0 Å². The van der Waals surface area contributed by atoms with Gasteiger partial charge in [-0.05, 0) is 24.3 Å². The Morgan fingerprint density at radius 3 is 2.50 bits per heavy atom. The van der Waals surface area contributed by atoms with Crippen molar-refractivity contribution in [1.29, 1.82) is 0 Å². The molecule has 94 valence electrons. The summed E-state index contributed by atoms with van der Waals surface area (Å²) >= 11 is 5.84. The van der Waals surface area contributed by atoms with E-state index in [4.69, 9.17) is 16.3 Å². The molecule has 0 aliphatic rings. The van der Waals surface area contributed by atoms with E-state index in [0.717, 1.165) is 17.1 Å². The molecule has 0 aliphatic heterocycles. The first-order valence-electron chi connectivity index (χ1n) is 5.62. The smallest absolute Gasteiger partial charge is 0.148 e. The van der Waals surface area contributed by atoms with E-state index in [1.807, 2.05) is 36.4 Å². The van der Waals surface area contributed by atoms with Crippen LogP contribution in [0, 0.1) is 0 Å². The van der Waals surface area contributed by atoms with Crippen LogP contribution in [0.5, 0.6) is 0 Å². The summed E-state index contributed by atoms with van der Waals surface area (Å²) in [6, 6.07) is 11.3. The minimum Gasteiger partial charge on any atom is -0.383 e. The summed E-state index contributed by atoms with van der Waals surface area (Å²) in [6.45, 7) is 1.35. The molecule has 4 nitrogen and oxygen atoms in total. The predicted octanol–water partition coefficient (Wildman–Crippen LogP) is 2.86. The first-order chi connectivity index (χ1) is 8.79. The maximum Gasteiger partial charge on any atom is 0.148 e. The normalized spacial score (nSPS) is 10.3. The highest BCUT2D eigenvalue weighted by Crippen LogP contribution is 2.19. The number of halogens is 1. The molecule has 0 radical (unpaired) electrons. The highest BCUT2D eigenvalue weighted by molar-refractivity contribution is 6.30. The Morgan fingerprint density at radius 1 is 1.11 bits per heavy atom. The lowest BCUT2D eigenvalue weighted by Gasteiger charge is -2.05. The summed E-state index contributed by atoms with van der Waals surface area (Å²) < 4.78 is 4.94. The van der Waals surface area contributed by atoms with Gasteiger partial charge in [-0.2, -0.15) is 0 Å². The van der Waals surface area contributed by atoms with Crippen molar-refractivity contribution in [3.8, 4) is 11.3 Å². The zero-order chi connectivity index (χ0) is 12.8. The van der Waals surface area contributed by atoms with Gasteiger partial charge in [0, 0.05) is 24.2 Å². The third-order valence-corrected chi connectivity index (χ3v) is 2.67. The number of aromatic nitrogens is 2. The minimum absolute atomic E-state index is 0.639. The maximum atomic E-state index is 5.84. The van der Waals surface area contributed by atoms with E-state index in [9.17, 15) is 0 Å². The molecule has 5 heteroatoms. The Hall–Kier alpha value is -1.65. The van der Waals surface area contributed by atoms with Gasteiger partial charge in [0.15, 0.2) is 0 Å². The van der Waals surface area contributed by atoms with Crippen LogP contribution >= 0.6 is 11.6 Å². The van der Waals surface area contributed by atoms with E-state index in [1.54, 1.807) is 7.11 Å². The lowest BCUT2D eigenvalue weighted by atomic mass is 10.1. The monoisotopic (exact) mass is 263 g/mol. The molecular formula is C13H14ClN3O. The zero-order valence-corrected chi connectivity index (χ0v) is 10.8. The second-order valence-electron chi connectivity index (χ2n) is 3.73. The molecule has 2 rings (SSSR count). The van der Waals surface area contributed by atoms with Gasteiger partial charge in [-0.1, -0.05) is 23.7 Å². The van der Waals surface area contributed by atoms with Crippen molar-refractivity contribution in [1.82, 2.24) is 10.2 Å². The molecule has 1 N–H and O–H groups in total. The standard InChI is InChI=1S/C13H14ClN3O/c1-18-9-8-15-13-7-6-12(16-17-13)10-2-4-11(14)5-3-10/h2-7H,8-9H2,1H3,(H,15,17). The molecule has 0 fully saturated rings. The molecule has 0 atom stereocenters. The van der Waals surface area contributed by atoms with Crippen LogP contribution in [0.3, 0.4) is 0 Å². The summed E-state index contributed by atoms with van der Waals surface area (Å²) in [6.07, 6.45) is 0. The molecule has 1 aromatic heterocycles. The fourth-order valence-corrected chi connectivity index (χ4v) is 1.61. The van der Waals surface area contributed by atoms with Gasteiger partial charge < -0.3 is 10.1 Å². The fourth-order valence-electron chi connectivity index (χ4n) is 1.48. The number of hydrogen-bond donors (Lipinski definition) is 1. The van der Waals surface area contributed by atoms with Crippen LogP contribution in [0.4, 0.5) is 5.82 Å². The van der Waals surface area contributed by atoms with Crippen LogP contribution in [0.25, 0.3) is 11.3 Å². The van der Waals surface area contributed by atoms with Gasteiger partial charge in [0.2, 0.25) is 0 Å². The van der Waals surface area contributed by atoms with Crippen molar-refractivity contribution in [2.24, 2.45) is 0 Å². The number of benzene rings is 1. The Labute approximate surface area is 111 Å². The average Bonchev–Trinajstić information content (AvgIpc) is 2.41. The first kappa shape index (κ1) is 12.8. The van der Waals surface area contributed by atoms with E-state index < -0.39 is 0 Å². The molecular weight excluding hydrogens is 250 g/mol. The van der Waals surface area contributed by atoms with Crippen LogP contribution in [0.1, 0.15) is 0 Å². The zero-order valence-electron chi connectivity index (χ0n) is 10.1. The Kier molecular flexibility index (Phi) is 4.50. The Bertz CT molecular complexity index is 485. The maximum absolute atomic E-state index is 5.84. The summed E-state index contributed by atoms with van der Waals surface area (Å²) in [5.41, 5.74) is 1.82. The summed E-state index contributed by atoms with van der Waals surface area (Å²) in [4.78, 5) is 0. The van der Waals surface area contributed by atoms with Crippen LogP contribution in [-0.2, 0) is 4.74 Å². The van der Waals surface area contributed by atoms with Gasteiger partial charge in [0.1, 0.15) is 5.82 Å². The largest absolute Gasteiger partial charge is 0.383 e. The molecule has 0 amide bonds. The van der Waals surface area contributed by atoms with Crippen molar-refractivity contribution >= 4 is 17.4 Å². The molecule has 18 heavy (non-hydrogen) atoms. The minimum atomic E-state index is 0.639. The molecule has 0 saturated heterocycles. The van der Waals surface area contributed by atoms with Gasteiger partial charge in [-0.3, -0.25) is 0 Å². The van der Waals surface area contributed by atoms with Crippen molar-refractivity contribution in [2.75, 3.05) is 25.6 Å². The topological polar surface area (TPSA) is 47.0 Å². The number of nitrogens with one attached hydrogen (secondary N) is 1. The second kappa shape index (κ2) is 6.33. The van der Waals surface area contributed by atoms with Crippen molar-refractivity contribution in [3.05, 3.63) is 41.4 Å². The summed E-state index contributed by atoms with van der Waals surface area (Å²) in [5.74, 6) is 0.741. The van der Waals surface area contributed by atoms with E-state index >= 15 is 0 Å². The van der Waals surface area contributed by atoms with Gasteiger partial charge >= 0.3 is 0 Å². The second-order valence-corrected chi connectivity index (χ2v) is 4.17. The Balaban J connectivity index is 2.05. The molecule has 0 aliphatic carbocycles. The van der Waals surface area contributed by atoms with E-state index in [0.29, 0.717) is 18.2 Å². The van der Waals surface area contributed by atoms with Gasteiger partial charge in [-0.15, -0.1) is 10.2 Å². The molecule has 0 saturated carbocycles. The lowest BCUT2D eigenvalue weighted by Crippen LogP contribution is -2.09. The summed E-state index contributed by atoms with van der Waals surface area (Å²) in [5, 5.41) is 12.1. The molecule has 0 unspecified atom stereocenters. The van der Waals surface area contributed by atoms with Crippen molar-refractivity contribution in [3.63, 3.8) is 0 Å². The third-order valence-electron chi connectivity index (χ3n) is 2.42. The van der Waals surface area contributed by atoms with Gasteiger partial charge in [-0.25, -0.2) is 0 Å². The number of ether oxygens (including phenoxy) is 1. The quantitative estimate of drug-likeness (QED) is 0.843. The number of anilines is 1. The molecule has 0 bridgehead atoms. The van der Waals surface area contributed by atoms with Gasteiger partial charge in [0.05, 0.1) is 12.3 Å². The molecule has 1 aromatic carbocycles. The van der Waals surface area contributed by atoms with Gasteiger partial charge in [0.25, 0.3) is 0 Å².